The Kier molecular flexibility index (Phi) is 4.80. The van der Waals surface area contributed by atoms with E-state index >= 15 is 0 Å². The van der Waals surface area contributed by atoms with E-state index in [0.717, 1.165) is 5.56 Å². The van der Waals surface area contributed by atoms with Crippen molar-refractivity contribution in [2.24, 2.45) is 0 Å². The molecule has 0 aliphatic carbocycles. The Morgan fingerprint density at radius 3 is 1.56 bits per heavy atom. The van der Waals surface area contributed by atoms with Crippen LogP contribution < -0.4 is 0 Å². The van der Waals surface area contributed by atoms with E-state index in [9.17, 15) is 4.79 Å². The van der Waals surface area contributed by atoms with Crippen molar-refractivity contribution < 1.29 is 9.90 Å². The second kappa shape index (κ2) is 6.40. The lowest BCUT2D eigenvalue weighted by molar-refractivity contribution is 0.0697. The summed E-state index contributed by atoms with van der Waals surface area (Å²) in [4.78, 5) is 10.2. The van der Waals surface area contributed by atoms with Crippen molar-refractivity contribution in [3.05, 3.63) is 78.7 Å². The molecule has 0 aromatic heterocycles. The highest BCUT2D eigenvalue weighted by atomic mass is 16.4. The smallest absolute Gasteiger partial charge is 0.335 e. The number of benzene rings is 2. The molecule has 81 valence electrons. The number of rotatable bonds is 1. The number of carboxylic acid groups (broad SMARTS) is 1. The molecule has 1 radical (unpaired) electrons. The maximum Gasteiger partial charge on any atom is 0.335 e. The standard InChI is InChI=1S/C7H6O2.C7H7/c8-7(9)6-4-2-1-3-5-6;1-7-5-3-2-4-6-7/h1-5H,(H,8,9);2-6H,1H2. The molecule has 0 fully saturated rings. The van der Waals surface area contributed by atoms with Gasteiger partial charge in [-0.3, -0.25) is 0 Å². The van der Waals surface area contributed by atoms with Crippen LogP contribution in [0.25, 0.3) is 0 Å². The number of hydrogen-bond donors (Lipinski definition) is 1. The van der Waals surface area contributed by atoms with Crippen LogP contribution in [-0.4, -0.2) is 11.1 Å². The summed E-state index contributed by atoms with van der Waals surface area (Å²) < 4.78 is 0. The van der Waals surface area contributed by atoms with Crippen LogP contribution in [0.2, 0.25) is 0 Å². The molecule has 2 rings (SSSR count). The second-order valence-electron chi connectivity index (χ2n) is 3.16. The van der Waals surface area contributed by atoms with Crippen LogP contribution in [0.3, 0.4) is 0 Å². The fraction of sp³-hybridized carbons (Fsp3) is 0. The predicted molar refractivity (Wildman–Crippen MR) is 64.3 cm³/mol. The van der Waals surface area contributed by atoms with Crippen molar-refractivity contribution >= 4 is 5.97 Å². The lowest BCUT2D eigenvalue weighted by Crippen LogP contribution is -1.93. The van der Waals surface area contributed by atoms with Crippen molar-refractivity contribution in [2.75, 3.05) is 0 Å². The van der Waals surface area contributed by atoms with Crippen molar-refractivity contribution in [1.82, 2.24) is 0 Å². The third-order valence-electron chi connectivity index (χ3n) is 1.86. The minimum absolute atomic E-state index is 0.331. The van der Waals surface area contributed by atoms with Crippen LogP contribution in [0.5, 0.6) is 0 Å². The average Bonchev–Trinajstić information content (AvgIpc) is 2.32. The van der Waals surface area contributed by atoms with Crippen molar-refractivity contribution in [3.63, 3.8) is 0 Å². The third-order valence-corrected chi connectivity index (χ3v) is 1.86. The summed E-state index contributed by atoms with van der Waals surface area (Å²) in [5.74, 6) is -0.879. The van der Waals surface area contributed by atoms with Gasteiger partial charge in [-0.25, -0.2) is 4.79 Å². The Morgan fingerprint density at radius 1 is 0.875 bits per heavy atom. The highest BCUT2D eigenvalue weighted by Crippen LogP contribution is 1.96. The monoisotopic (exact) mass is 213 g/mol. The van der Waals surface area contributed by atoms with Gasteiger partial charge in [0.2, 0.25) is 0 Å². The average molecular weight is 213 g/mol. The van der Waals surface area contributed by atoms with E-state index in [1.54, 1.807) is 30.3 Å². The van der Waals surface area contributed by atoms with Crippen molar-refractivity contribution in [1.29, 1.82) is 0 Å². The van der Waals surface area contributed by atoms with Gasteiger partial charge in [-0.2, -0.15) is 0 Å². The Labute approximate surface area is 95.2 Å². The van der Waals surface area contributed by atoms with E-state index < -0.39 is 5.97 Å². The number of carbonyl (C=O) groups is 1. The van der Waals surface area contributed by atoms with Crippen LogP contribution in [-0.2, 0) is 0 Å². The molecule has 0 amide bonds. The molecule has 0 heterocycles. The molecular weight excluding hydrogens is 200 g/mol. The molecule has 0 bridgehead atoms. The van der Waals surface area contributed by atoms with Gasteiger partial charge in [0.05, 0.1) is 5.56 Å². The molecule has 0 atom stereocenters. The maximum atomic E-state index is 10.2. The third kappa shape index (κ3) is 4.42. The van der Waals surface area contributed by atoms with Gasteiger partial charge < -0.3 is 5.11 Å². The van der Waals surface area contributed by atoms with E-state index in [1.807, 2.05) is 30.3 Å². The first-order valence-corrected chi connectivity index (χ1v) is 4.85. The zero-order valence-electron chi connectivity index (χ0n) is 8.84. The van der Waals surface area contributed by atoms with Crippen LogP contribution in [0.15, 0.2) is 60.7 Å². The quantitative estimate of drug-likeness (QED) is 0.789. The number of hydrogen-bond acceptors (Lipinski definition) is 1. The molecule has 0 aliphatic heterocycles. The van der Waals surface area contributed by atoms with Crippen LogP contribution in [0.1, 0.15) is 15.9 Å². The molecule has 0 saturated carbocycles. The van der Waals surface area contributed by atoms with E-state index in [0.29, 0.717) is 5.56 Å². The number of aromatic carboxylic acids is 1. The fourth-order valence-electron chi connectivity index (χ4n) is 1.06. The molecule has 2 aromatic carbocycles. The maximum absolute atomic E-state index is 10.2. The topological polar surface area (TPSA) is 37.3 Å². The van der Waals surface area contributed by atoms with Crippen molar-refractivity contribution in [3.8, 4) is 0 Å². The lowest BCUT2D eigenvalue weighted by atomic mass is 10.2. The first-order chi connectivity index (χ1) is 7.70. The first-order valence-electron chi connectivity index (χ1n) is 4.85. The summed E-state index contributed by atoms with van der Waals surface area (Å²) >= 11 is 0. The molecule has 0 unspecified atom stereocenters. The van der Waals surface area contributed by atoms with Gasteiger partial charge in [-0.15, -0.1) is 0 Å². The molecule has 2 aromatic rings. The van der Waals surface area contributed by atoms with Gasteiger partial charge in [-0.05, 0) is 24.6 Å². The predicted octanol–water partition coefficient (Wildman–Crippen LogP) is 3.25. The minimum Gasteiger partial charge on any atom is -0.478 e. The zero-order chi connectivity index (χ0) is 11.8. The summed E-state index contributed by atoms with van der Waals surface area (Å²) in [5.41, 5.74) is 1.40. The molecule has 0 saturated heterocycles. The first kappa shape index (κ1) is 12.0. The molecule has 16 heavy (non-hydrogen) atoms. The van der Waals surface area contributed by atoms with Gasteiger partial charge in [-0.1, -0.05) is 48.5 Å². The van der Waals surface area contributed by atoms with Crippen molar-refractivity contribution in [2.45, 2.75) is 0 Å². The summed E-state index contributed by atoms with van der Waals surface area (Å²) in [5, 5.41) is 8.38. The normalized spacial score (nSPS) is 8.81. The minimum atomic E-state index is -0.879. The summed E-state index contributed by atoms with van der Waals surface area (Å²) in [6.45, 7) is 3.72. The van der Waals surface area contributed by atoms with E-state index in [4.69, 9.17) is 5.11 Å². The van der Waals surface area contributed by atoms with Crippen LogP contribution >= 0.6 is 0 Å². The molecular formula is C14H13O2. The largest absolute Gasteiger partial charge is 0.478 e. The van der Waals surface area contributed by atoms with E-state index in [1.165, 1.54) is 0 Å². The van der Waals surface area contributed by atoms with Crippen LogP contribution in [0, 0.1) is 6.92 Å². The van der Waals surface area contributed by atoms with Crippen LogP contribution in [0.4, 0.5) is 0 Å². The van der Waals surface area contributed by atoms with Gasteiger partial charge >= 0.3 is 5.97 Å². The summed E-state index contributed by atoms with van der Waals surface area (Å²) in [6, 6.07) is 18.2. The molecule has 0 aliphatic rings. The highest BCUT2D eigenvalue weighted by Gasteiger charge is 1.96. The molecule has 1 N–H and O–H groups in total. The van der Waals surface area contributed by atoms with E-state index in [2.05, 4.69) is 6.92 Å². The van der Waals surface area contributed by atoms with Gasteiger partial charge in [0.1, 0.15) is 0 Å². The van der Waals surface area contributed by atoms with Gasteiger partial charge in [0.15, 0.2) is 0 Å². The molecule has 0 spiro atoms. The second-order valence-corrected chi connectivity index (χ2v) is 3.16. The highest BCUT2D eigenvalue weighted by molar-refractivity contribution is 5.87. The lowest BCUT2D eigenvalue weighted by Gasteiger charge is -1.88. The Morgan fingerprint density at radius 2 is 1.31 bits per heavy atom. The molecule has 2 nitrogen and oxygen atoms in total. The Balaban J connectivity index is 0.000000165. The SMILES string of the molecule is O=C(O)c1ccccc1.[CH2]c1ccccc1. The van der Waals surface area contributed by atoms with Gasteiger partial charge in [0, 0.05) is 0 Å². The summed E-state index contributed by atoms with van der Waals surface area (Å²) in [7, 11) is 0. The van der Waals surface area contributed by atoms with Gasteiger partial charge in [0.25, 0.3) is 0 Å². The number of carboxylic acids is 1. The summed E-state index contributed by atoms with van der Waals surface area (Å²) in [6.07, 6.45) is 0. The van der Waals surface area contributed by atoms with E-state index in [-0.39, 0.29) is 0 Å². The molecule has 2 heteroatoms. The Hall–Kier alpha value is -2.09. The fourth-order valence-corrected chi connectivity index (χ4v) is 1.06. The Bertz CT molecular complexity index is 421. The zero-order valence-corrected chi connectivity index (χ0v) is 8.84.